The number of hydrogen-bond acceptors (Lipinski definition) is 3. The summed E-state index contributed by atoms with van der Waals surface area (Å²) in [6, 6.07) is 12.1. The molecule has 1 saturated heterocycles. The van der Waals surface area contributed by atoms with Crippen molar-refractivity contribution >= 4 is 5.91 Å². The van der Waals surface area contributed by atoms with Gasteiger partial charge in [-0.3, -0.25) is 9.78 Å². The first kappa shape index (κ1) is 16.7. The second kappa shape index (κ2) is 8.60. The molecule has 1 aliphatic rings. The Balaban J connectivity index is 1.49. The first-order chi connectivity index (χ1) is 11.8. The molecule has 1 aliphatic heterocycles. The molecule has 1 atom stereocenters. The smallest absolute Gasteiger partial charge is 0.251 e. The molecule has 0 unspecified atom stereocenters. The number of carbonyl (C=O) groups is 1. The molecule has 3 rings (SSSR count). The van der Waals surface area contributed by atoms with Gasteiger partial charge in [0.25, 0.3) is 5.91 Å². The van der Waals surface area contributed by atoms with E-state index in [4.69, 9.17) is 0 Å². The van der Waals surface area contributed by atoms with Crippen LogP contribution < -0.4 is 10.6 Å². The van der Waals surface area contributed by atoms with Crippen molar-refractivity contribution in [1.82, 2.24) is 15.6 Å². The van der Waals surface area contributed by atoms with Crippen LogP contribution in [0.5, 0.6) is 0 Å². The minimum absolute atomic E-state index is 0.0202. The average Bonchev–Trinajstić information content (AvgIpc) is 2.67. The van der Waals surface area contributed by atoms with Crippen LogP contribution >= 0.6 is 0 Å². The van der Waals surface area contributed by atoms with Crippen molar-refractivity contribution in [3.8, 4) is 0 Å². The summed E-state index contributed by atoms with van der Waals surface area (Å²) in [6.45, 7) is 2.80. The molecular formula is C20H25N3O. The highest BCUT2D eigenvalue weighted by atomic mass is 16.1. The van der Waals surface area contributed by atoms with Gasteiger partial charge in [-0.05, 0) is 67.5 Å². The number of hydrogen-bond donors (Lipinski definition) is 2. The van der Waals surface area contributed by atoms with Crippen molar-refractivity contribution in [2.75, 3.05) is 19.6 Å². The Hall–Kier alpha value is -2.20. The molecule has 24 heavy (non-hydrogen) atoms. The van der Waals surface area contributed by atoms with Crippen LogP contribution in [-0.4, -0.2) is 30.5 Å². The van der Waals surface area contributed by atoms with E-state index in [1.54, 1.807) is 6.20 Å². The largest absolute Gasteiger partial charge is 0.352 e. The normalized spacial score (nSPS) is 17.4. The molecule has 0 bridgehead atoms. The Bertz CT molecular complexity index is 651. The molecule has 2 aromatic rings. The molecule has 1 aromatic heterocycles. The lowest BCUT2D eigenvalue weighted by Gasteiger charge is -2.23. The summed E-state index contributed by atoms with van der Waals surface area (Å²) >= 11 is 0. The van der Waals surface area contributed by atoms with Gasteiger partial charge in [0.05, 0.1) is 0 Å². The predicted molar refractivity (Wildman–Crippen MR) is 96.2 cm³/mol. The molecule has 0 radical (unpaired) electrons. The topological polar surface area (TPSA) is 54.0 Å². The second-order valence-corrected chi connectivity index (χ2v) is 6.39. The molecular weight excluding hydrogens is 298 g/mol. The molecule has 1 fully saturated rings. The zero-order chi connectivity index (χ0) is 16.6. The summed E-state index contributed by atoms with van der Waals surface area (Å²) in [5, 5.41) is 6.46. The summed E-state index contributed by atoms with van der Waals surface area (Å²) in [4.78, 5) is 16.5. The van der Waals surface area contributed by atoms with Gasteiger partial charge in [-0.15, -0.1) is 0 Å². The SMILES string of the molecule is O=C(NCCCc1cccnc1)c1cccc([C@H]2CCCNC2)c1. The van der Waals surface area contributed by atoms with Crippen molar-refractivity contribution in [2.24, 2.45) is 0 Å². The van der Waals surface area contributed by atoms with Gasteiger partial charge in [-0.1, -0.05) is 18.2 Å². The number of pyridine rings is 1. The van der Waals surface area contributed by atoms with Crippen LogP contribution in [0.1, 0.15) is 46.7 Å². The third-order valence-corrected chi connectivity index (χ3v) is 4.57. The van der Waals surface area contributed by atoms with Gasteiger partial charge in [-0.2, -0.15) is 0 Å². The van der Waals surface area contributed by atoms with Gasteiger partial charge >= 0.3 is 0 Å². The molecule has 0 spiro atoms. The number of aryl methyl sites for hydroxylation is 1. The molecule has 1 aromatic carbocycles. The van der Waals surface area contributed by atoms with Gasteiger partial charge in [0.2, 0.25) is 0 Å². The lowest BCUT2D eigenvalue weighted by atomic mass is 9.90. The Morgan fingerprint density at radius 3 is 3.04 bits per heavy atom. The van der Waals surface area contributed by atoms with Crippen molar-refractivity contribution in [2.45, 2.75) is 31.6 Å². The Morgan fingerprint density at radius 2 is 2.25 bits per heavy atom. The Kier molecular flexibility index (Phi) is 5.96. The third kappa shape index (κ3) is 4.65. The second-order valence-electron chi connectivity index (χ2n) is 6.39. The number of benzene rings is 1. The van der Waals surface area contributed by atoms with Gasteiger partial charge in [-0.25, -0.2) is 0 Å². The van der Waals surface area contributed by atoms with Crippen LogP contribution in [0, 0.1) is 0 Å². The Labute approximate surface area is 143 Å². The summed E-state index contributed by atoms with van der Waals surface area (Å²) < 4.78 is 0. The first-order valence-electron chi connectivity index (χ1n) is 8.81. The standard InChI is InChI=1S/C20H25N3O/c24-20(23-12-3-6-16-5-2-10-21-14-16)18-8-1-7-17(13-18)19-9-4-11-22-15-19/h1-2,5,7-8,10,13-14,19,22H,3-4,6,9,11-12,15H2,(H,23,24)/t19-/m0/s1. The van der Waals surface area contributed by atoms with Crippen molar-refractivity contribution in [3.63, 3.8) is 0 Å². The lowest BCUT2D eigenvalue weighted by Crippen LogP contribution is -2.29. The highest BCUT2D eigenvalue weighted by molar-refractivity contribution is 5.94. The number of carbonyl (C=O) groups excluding carboxylic acids is 1. The third-order valence-electron chi connectivity index (χ3n) is 4.57. The minimum Gasteiger partial charge on any atom is -0.352 e. The van der Waals surface area contributed by atoms with E-state index in [2.05, 4.69) is 27.8 Å². The number of piperidine rings is 1. The maximum Gasteiger partial charge on any atom is 0.251 e. The number of amides is 1. The first-order valence-corrected chi connectivity index (χ1v) is 8.81. The molecule has 2 heterocycles. The lowest BCUT2D eigenvalue weighted by molar-refractivity contribution is 0.0953. The van der Waals surface area contributed by atoms with Gasteiger partial charge < -0.3 is 10.6 Å². The molecule has 0 aliphatic carbocycles. The zero-order valence-corrected chi connectivity index (χ0v) is 14.0. The van der Waals surface area contributed by atoms with Crippen molar-refractivity contribution in [1.29, 1.82) is 0 Å². The average molecular weight is 323 g/mol. The summed E-state index contributed by atoms with van der Waals surface area (Å²) in [6.07, 6.45) is 7.91. The number of aromatic nitrogens is 1. The fraction of sp³-hybridized carbons (Fsp3) is 0.400. The monoisotopic (exact) mass is 323 g/mol. The quantitative estimate of drug-likeness (QED) is 0.804. The fourth-order valence-electron chi connectivity index (χ4n) is 3.21. The molecule has 4 heteroatoms. The van der Waals surface area contributed by atoms with Crippen LogP contribution in [0.3, 0.4) is 0 Å². The van der Waals surface area contributed by atoms with Crippen LogP contribution in [0.2, 0.25) is 0 Å². The van der Waals surface area contributed by atoms with Gasteiger partial charge in [0.15, 0.2) is 0 Å². The molecule has 2 N–H and O–H groups in total. The molecule has 4 nitrogen and oxygen atoms in total. The maximum atomic E-state index is 12.4. The zero-order valence-electron chi connectivity index (χ0n) is 14.0. The summed E-state index contributed by atoms with van der Waals surface area (Å²) in [5.41, 5.74) is 3.24. The van der Waals surface area contributed by atoms with Crippen molar-refractivity contribution in [3.05, 3.63) is 65.5 Å². The predicted octanol–water partition coefficient (Wildman–Crippen LogP) is 2.91. The molecule has 0 saturated carbocycles. The van der Waals surface area contributed by atoms with Crippen LogP contribution in [-0.2, 0) is 6.42 Å². The maximum absolute atomic E-state index is 12.4. The number of rotatable bonds is 6. The van der Waals surface area contributed by atoms with E-state index in [0.29, 0.717) is 12.5 Å². The van der Waals surface area contributed by atoms with Crippen LogP contribution in [0.25, 0.3) is 0 Å². The van der Waals surface area contributed by atoms with Crippen LogP contribution in [0.15, 0.2) is 48.8 Å². The van der Waals surface area contributed by atoms with E-state index in [1.807, 2.05) is 30.5 Å². The van der Waals surface area contributed by atoms with Gasteiger partial charge in [0, 0.05) is 31.0 Å². The van der Waals surface area contributed by atoms with E-state index in [1.165, 1.54) is 24.0 Å². The molecule has 126 valence electrons. The van der Waals surface area contributed by atoms with E-state index in [-0.39, 0.29) is 5.91 Å². The van der Waals surface area contributed by atoms with Crippen LogP contribution in [0.4, 0.5) is 0 Å². The number of nitrogens with zero attached hydrogens (tertiary/aromatic N) is 1. The van der Waals surface area contributed by atoms with E-state index >= 15 is 0 Å². The van der Waals surface area contributed by atoms with E-state index in [9.17, 15) is 4.79 Å². The summed E-state index contributed by atoms with van der Waals surface area (Å²) in [5.74, 6) is 0.545. The molecule has 1 amide bonds. The van der Waals surface area contributed by atoms with E-state index in [0.717, 1.165) is 31.5 Å². The number of nitrogens with one attached hydrogen (secondary N) is 2. The fourth-order valence-corrected chi connectivity index (χ4v) is 3.21. The summed E-state index contributed by atoms with van der Waals surface area (Å²) in [7, 11) is 0. The van der Waals surface area contributed by atoms with E-state index < -0.39 is 0 Å². The van der Waals surface area contributed by atoms with Crippen molar-refractivity contribution < 1.29 is 4.79 Å². The highest BCUT2D eigenvalue weighted by Gasteiger charge is 2.16. The minimum atomic E-state index is 0.0202. The Morgan fingerprint density at radius 1 is 1.29 bits per heavy atom. The van der Waals surface area contributed by atoms with Gasteiger partial charge in [0.1, 0.15) is 0 Å². The highest BCUT2D eigenvalue weighted by Crippen LogP contribution is 2.23.